The molecule has 1 atom stereocenters. The monoisotopic (exact) mass is 564 g/mol. The van der Waals surface area contributed by atoms with Crippen LogP contribution in [0.2, 0.25) is 33.0 Å². The molecular weight excluding hydrogens is 511 g/mol. The van der Waals surface area contributed by atoms with Crippen LogP contribution in [0, 0.1) is 5.41 Å². The van der Waals surface area contributed by atoms with Gasteiger partial charge in [-0.15, -0.1) is 0 Å². The van der Waals surface area contributed by atoms with Crippen LogP contribution in [-0.4, -0.2) is 32.8 Å². The van der Waals surface area contributed by atoms with Gasteiger partial charge in [-0.3, -0.25) is 0 Å². The second-order valence-electron chi connectivity index (χ2n) is 11.6. The van der Waals surface area contributed by atoms with Gasteiger partial charge in [-0.05, 0) is 0 Å². The zero-order valence-electron chi connectivity index (χ0n) is 22.2. The Bertz CT molecular complexity index is 638. The Hall–Kier alpha value is -0.0644. The summed E-state index contributed by atoms with van der Waals surface area (Å²) in [7, 11) is -1.63. The van der Waals surface area contributed by atoms with Gasteiger partial charge < -0.3 is 0 Å². The van der Waals surface area contributed by atoms with Gasteiger partial charge in [-0.2, -0.15) is 0 Å². The van der Waals surface area contributed by atoms with Crippen molar-refractivity contribution < 1.29 is 4.43 Å². The summed E-state index contributed by atoms with van der Waals surface area (Å²) in [4.78, 5) is 0. The molecule has 0 N–H and O–H groups in total. The van der Waals surface area contributed by atoms with Gasteiger partial charge in [-0.25, -0.2) is 0 Å². The molecule has 1 aliphatic carbocycles. The first-order chi connectivity index (χ1) is 15.3. The Morgan fingerprint density at radius 1 is 0.906 bits per heavy atom. The molecule has 0 aromatic heterocycles. The van der Waals surface area contributed by atoms with E-state index in [4.69, 9.17) is 4.43 Å². The van der Waals surface area contributed by atoms with E-state index in [1.54, 1.807) is 13.3 Å². The quantitative estimate of drug-likeness (QED) is 0.182. The zero-order chi connectivity index (χ0) is 23.5. The van der Waals surface area contributed by atoms with Gasteiger partial charge in [-0.1, -0.05) is 0 Å². The fraction of sp³-hybridized carbons (Fsp3) is 0.724. The second-order valence-corrected chi connectivity index (χ2v) is 29.0. The van der Waals surface area contributed by atoms with Crippen molar-refractivity contribution in [3.8, 4) is 0 Å². The number of benzene rings is 1. The van der Waals surface area contributed by atoms with Gasteiger partial charge in [0.2, 0.25) is 0 Å². The molecule has 0 radical (unpaired) electrons. The van der Waals surface area contributed by atoms with E-state index in [9.17, 15) is 0 Å². The van der Waals surface area contributed by atoms with E-state index in [-0.39, 0.29) is 0 Å². The molecule has 0 heterocycles. The van der Waals surface area contributed by atoms with Crippen molar-refractivity contribution in [2.45, 2.75) is 124 Å². The van der Waals surface area contributed by atoms with Gasteiger partial charge in [0.15, 0.2) is 0 Å². The minimum absolute atomic E-state index is 0.309. The SMILES string of the molecule is CCC[CH2][Sn](/[CH]=C/C(O[Si](C)(C)C)C1(Cc2ccccc2)CCC1)([CH2]CCC)[CH2]CCC. The van der Waals surface area contributed by atoms with Crippen LogP contribution >= 0.6 is 0 Å². The molecule has 1 unspecified atom stereocenters. The standard InChI is InChI=1S/C17H25OSi.3C4H9.Sn/c1-5-16(18-19(2,3)4)17(12-9-13-17)14-15-10-7-6-8-11-15;3*1-3-4-2;/h1,5-8,10-11,16H,9,12-14H2,2-4H3;3*1,3-4H2,2H3;. The normalized spacial score (nSPS) is 17.4. The van der Waals surface area contributed by atoms with Crippen LogP contribution < -0.4 is 0 Å². The van der Waals surface area contributed by atoms with Crippen LogP contribution in [0.25, 0.3) is 0 Å². The van der Waals surface area contributed by atoms with Gasteiger partial charge >= 0.3 is 207 Å². The number of unbranched alkanes of at least 4 members (excludes halogenated alkanes) is 3. The third kappa shape index (κ3) is 8.94. The van der Waals surface area contributed by atoms with Crippen LogP contribution in [0.15, 0.2) is 40.5 Å². The first kappa shape index (κ1) is 28.2. The second kappa shape index (κ2) is 13.7. The summed E-state index contributed by atoms with van der Waals surface area (Å²) in [5.74, 6) is 0. The summed E-state index contributed by atoms with van der Waals surface area (Å²) in [5, 5.41) is 0. The van der Waals surface area contributed by atoms with Crippen LogP contribution in [0.3, 0.4) is 0 Å². The van der Waals surface area contributed by atoms with E-state index in [0.29, 0.717) is 11.5 Å². The summed E-state index contributed by atoms with van der Waals surface area (Å²) in [6, 6.07) is 11.2. The Morgan fingerprint density at radius 2 is 1.44 bits per heavy atom. The minimum atomic E-state index is -2.30. The van der Waals surface area contributed by atoms with Crippen LogP contribution in [-0.2, 0) is 10.8 Å². The van der Waals surface area contributed by atoms with Crippen LogP contribution in [0.1, 0.15) is 84.1 Å². The molecule has 0 aliphatic heterocycles. The molecule has 0 spiro atoms. The summed E-state index contributed by atoms with van der Waals surface area (Å²) in [6.07, 6.45) is 16.5. The summed E-state index contributed by atoms with van der Waals surface area (Å²) < 4.78 is 14.5. The molecule has 182 valence electrons. The van der Waals surface area contributed by atoms with Crippen LogP contribution in [0.5, 0.6) is 0 Å². The Labute approximate surface area is 205 Å². The zero-order valence-corrected chi connectivity index (χ0v) is 26.1. The van der Waals surface area contributed by atoms with Crippen molar-refractivity contribution in [3.63, 3.8) is 0 Å². The molecule has 3 heteroatoms. The summed E-state index contributed by atoms with van der Waals surface area (Å²) in [5.41, 5.74) is 1.80. The average Bonchev–Trinajstić information content (AvgIpc) is 2.74. The topological polar surface area (TPSA) is 9.23 Å². The number of hydrogen-bond donors (Lipinski definition) is 0. The van der Waals surface area contributed by atoms with Gasteiger partial charge in [0, 0.05) is 0 Å². The number of rotatable bonds is 16. The molecule has 1 saturated carbocycles. The van der Waals surface area contributed by atoms with Crippen molar-refractivity contribution in [3.05, 3.63) is 46.1 Å². The first-order valence-corrected chi connectivity index (χ1v) is 24.8. The summed E-state index contributed by atoms with van der Waals surface area (Å²) >= 11 is -2.30. The Balaban J connectivity index is 2.35. The third-order valence-electron chi connectivity index (χ3n) is 7.54. The van der Waals surface area contributed by atoms with E-state index in [0.717, 1.165) is 0 Å². The number of hydrogen-bond acceptors (Lipinski definition) is 1. The van der Waals surface area contributed by atoms with Crippen molar-refractivity contribution in [1.29, 1.82) is 0 Å². The van der Waals surface area contributed by atoms with Gasteiger partial charge in [0.05, 0.1) is 0 Å². The average molecular weight is 564 g/mol. The van der Waals surface area contributed by atoms with Gasteiger partial charge in [0.1, 0.15) is 0 Å². The summed E-state index contributed by atoms with van der Waals surface area (Å²) in [6.45, 7) is 14.3. The van der Waals surface area contributed by atoms with E-state index in [2.05, 4.69) is 80.9 Å². The van der Waals surface area contributed by atoms with Crippen LogP contribution in [0.4, 0.5) is 0 Å². The van der Waals surface area contributed by atoms with E-state index in [1.165, 1.54) is 69.8 Å². The molecule has 1 aliphatic rings. The van der Waals surface area contributed by atoms with Crippen molar-refractivity contribution in [1.82, 2.24) is 0 Å². The van der Waals surface area contributed by atoms with E-state index in [1.807, 2.05) is 0 Å². The maximum atomic E-state index is 7.01. The third-order valence-corrected chi connectivity index (χ3v) is 22.6. The fourth-order valence-electron chi connectivity index (χ4n) is 5.45. The van der Waals surface area contributed by atoms with Crippen molar-refractivity contribution >= 4 is 26.7 Å². The molecule has 1 aromatic carbocycles. The Kier molecular flexibility index (Phi) is 12.1. The molecule has 0 bridgehead atoms. The molecule has 0 amide bonds. The predicted molar refractivity (Wildman–Crippen MR) is 149 cm³/mol. The molecule has 1 aromatic rings. The predicted octanol–water partition coefficient (Wildman–Crippen LogP) is 9.56. The molecule has 1 fully saturated rings. The maximum absolute atomic E-state index is 7.01. The Morgan fingerprint density at radius 3 is 1.84 bits per heavy atom. The fourth-order valence-corrected chi connectivity index (χ4v) is 20.8. The molecule has 1 nitrogen and oxygen atoms in total. The van der Waals surface area contributed by atoms with E-state index >= 15 is 0 Å². The molecule has 2 rings (SSSR count). The molecule has 32 heavy (non-hydrogen) atoms. The van der Waals surface area contributed by atoms with Crippen molar-refractivity contribution in [2.24, 2.45) is 5.41 Å². The van der Waals surface area contributed by atoms with E-state index < -0.39 is 26.7 Å². The van der Waals surface area contributed by atoms with Gasteiger partial charge in [0.25, 0.3) is 0 Å². The molecular formula is C29H52OSiSn. The first-order valence-electron chi connectivity index (χ1n) is 13.7. The molecule has 0 saturated heterocycles. The van der Waals surface area contributed by atoms with Crippen molar-refractivity contribution in [2.75, 3.05) is 0 Å².